The molecular formula is C20H24N2O6S. The lowest BCUT2D eigenvalue weighted by Crippen LogP contribution is -2.34. The summed E-state index contributed by atoms with van der Waals surface area (Å²) in [4.78, 5) is 23.5. The fraction of sp³-hybridized carbons (Fsp3) is 0.300. The van der Waals surface area contributed by atoms with Gasteiger partial charge >= 0.3 is 5.97 Å². The van der Waals surface area contributed by atoms with Crippen LogP contribution in [0.15, 0.2) is 53.4 Å². The summed E-state index contributed by atoms with van der Waals surface area (Å²) in [6.07, 6.45) is 0.0424. The van der Waals surface area contributed by atoms with Crippen LogP contribution in [0.1, 0.15) is 30.6 Å². The molecular weight excluding hydrogens is 396 g/mol. The summed E-state index contributed by atoms with van der Waals surface area (Å²) in [6, 6.07) is 11.6. The second kappa shape index (κ2) is 9.92. The molecule has 29 heavy (non-hydrogen) atoms. The molecule has 0 bridgehead atoms. The van der Waals surface area contributed by atoms with Crippen LogP contribution in [0.4, 0.5) is 5.69 Å². The van der Waals surface area contributed by atoms with E-state index in [0.29, 0.717) is 18.0 Å². The molecule has 8 nitrogen and oxygen atoms in total. The smallest absolute Gasteiger partial charge is 0.307 e. The molecule has 2 aromatic carbocycles. The lowest BCUT2D eigenvalue weighted by molar-refractivity contribution is -0.141. The molecule has 0 saturated carbocycles. The number of hydrogen-bond acceptors (Lipinski definition) is 6. The maximum absolute atomic E-state index is 12.5. The van der Waals surface area contributed by atoms with E-state index in [1.807, 2.05) is 6.92 Å². The minimum absolute atomic E-state index is 0.0190. The fourth-order valence-corrected chi connectivity index (χ4v) is 3.54. The third-order valence-corrected chi connectivity index (χ3v) is 5.32. The third kappa shape index (κ3) is 6.49. The highest BCUT2D eigenvalue weighted by Crippen LogP contribution is 2.20. The number of rotatable bonds is 9. The monoisotopic (exact) mass is 420 g/mol. The Hall–Kier alpha value is -3.07. The summed E-state index contributed by atoms with van der Waals surface area (Å²) in [6.45, 7) is 4.06. The Morgan fingerprint density at radius 3 is 2.21 bits per heavy atom. The van der Waals surface area contributed by atoms with Gasteiger partial charge in [-0.05, 0) is 62.4 Å². The van der Waals surface area contributed by atoms with Crippen LogP contribution < -0.4 is 14.8 Å². The van der Waals surface area contributed by atoms with E-state index in [4.69, 9.17) is 4.74 Å². The van der Waals surface area contributed by atoms with Crippen LogP contribution in [0, 0.1) is 0 Å². The Bertz CT molecular complexity index is 940. The summed E-state index contributed by atoms with van der Waals surface area (Å²) >= 11 is 0. The van der Waals surface area contributed by atoms with Gasteiger partial charge in [-0.3, -0.25) is 14.3 Å². The van der Waals surface area contributed by atoms with Crippen molar-refractivity contribution in [2.45, 2.75) is 31.2 Å². The van der Waals surface area contributed by atoms with Gasteiger partial charge in [-0.2, -0.15) is 0 Å². The Balaban J connectivity index is 2.04. The van der Waals surface area contributed by atoms with E-state index in [2.05, 4.69) is 14.8 Å². The van der Waals surface area contributed by atoms with Crippen molar-refractivity contribution in [3.63, 3.8) is 0 Å². The minimum Gasteiger partial charge on any atom is -0.494 e. The van der Waals surface area contributed by atoms with Crippen molar-refractivity contribution in [2.75, 3.05) is 18.4 Å². The van der Waals surface area contributed by atoms with Crippen molar-refractivity contribution < 1.29 is 27.5 Å². The molecule has 2 rings (SSSR count). The van der Waals surface area contributed by atoms with Gasteiger partial charge in [0.2, 0.25) is 0 Å². The molecule has 156 valence electrons. The van der Waals surface area contributed by atoms with Gasteiger partial charge in [0.25, 0.3) is 15.9 Å². The number of sulfonamides is 1. The van der Waals surface area contributed by atoms with E-state index in [-0.39, 0.29) is 16.9 Å². The van der Waals surface area contributed by atoms with E-state index in [0.717, 1.165) is 0 Å². The number of amides is 1. The number of esters is 1. The minimum atomic E-state index is -3.81. The number of methoxy groups -OCH3 is 1. The van der Waals surface area contributed by atoms with Crippen LogP contribution in [0.5, 0.6) is 5.75 Å². The van der Waals surface area contributed by atoms with E-state index < -0.39 is 27.9 Å². The van der Waals surface area contributed by atoms with Gasteiger partial charge in [0, 0.05) is 17.3 Å². The highest BCUT2D eigenvalue weighted by Gasteiger charge is 2.17. The van der Waals surface area contributed by atoms with E-state index in [1.54, 1.807) is 31.2 Å². The highest BCUT2D eigenvalue weighted by molar-refractivity contribution is 7.92. The molecule has 0 radical (unpaired) electrons. The van der Waals surface area contributed by atoms with Crippen molar-refractivity contribution in [3.8, 4) is 5.75 Å². The van der Waals surface area contributed by atoms with Crippen molar-refractivity contribution in [3.05, 3.63) is 54.1 Å². The average molecular weight is 420 g/mol. The number of anilines is 1. The SMILES string of the molecule is CCOc1ccc(NS(=O)(=O)c2ccc(C(=O)N[C@H](C)CC(=O)OC)cc2)cc1. The Labute approximate surface area is 170 Å². The number of nitrogens with one attached hydrogen (secondary N) is 2. The predicted octanol–water partition coefficient (Wildman–Crippen LogP) is 2.57. The summed E-state index contributed by atoms with van der Waals surface area (Å²) < 4.78 is 37.4. The van der Waals surface area contributed by atoms with Gasteiger partial charge in [0.1, 0.15) is 5.75 Å². The molecule has 0 heterocycles. The van der Waals surface area contributed by atoms with Crippen LogP contribution in [0.25, 0.3) is 0 Å². The van der Waals surface area contributed by atoms with Gasteiger partial charge in [-0.15, -0.1) is 0 Å². The molecule has 1 amide bonds. The van der Waals surface area contributed by atoms with Crippen LogP contribution in [0.3, 0.4) is 0 Å². The van der Waals surface area contributed by atoms with Crippen molar-refractivity contribution in [1.29, 1.82) is 0 Å². The van der Waals surface area contributed by atoms with Gasteiger partial charge < -0.3 is 14.8 Å². The fourth-order valence-electron chi connectivity index (χ4n) is 2.48. The zero-order valence-electron chi connectivity index (χ0n) is 16.5. The summed E-state index contributed by atoms with van der Waals surface area (Å²) in [5.74, 6) is -0.198. The molecule has 0 fully saturated rings. The maximum atomic E-state index is 12.5. The Morgan fingerprint density at radius 1 is 1.03 bits per heavy atom. The van der Waals surface area contributed by atoms with Crippen LogP contribution in [-0.4, -0.2) is 40.1 Å². The highest BCUT2D eigenvalue weighted by atomic mass is 32.2. The maximum Gasteiger partial charge on any atom is 0.307 e. The molecule has 9 heteroatoms. The number of benzene rings is 2. The Kier molecular flexibility index (Phi) is 7.60. The first-order chi connectivity index (χ1) is 13.7. The summed E-state index contributed by atoms with van der Waals surface area (Å²) in [5, 5.41) is 2.66. The van der Waals surface area contributed by atoms with Gasteiger partial charge in [0.05, 0.1) is 25.0 Å². The van der Waals surface area contributed by atoms with Crippen molar-refractivity contribution >= 4 is 27.6 Å². The second-order valence-electron chi connectivity index (χ2n) is 6.24. The lowest BCUT2D eigenvalue weighted by atomic mass is 10.2. The first kappa shape index (κ1) is 22.2. The third-order valence-electron chi connectivity index (χ3n) is 3.92. The van der Waals surface area contributed by atoms with E-state index in [9.17, 15) is 18.0 Å². The number of hydrogen-bond donors (Lipinski definition) is 2. The predicted molar refractivity (Wildman–Crippen MR) is 108 cm³/mol. The molecule has 1 atom stereocenters. The van der Waals surface area contributed by atoms with Crippen LogP contribution >= 0.6 is 0 Å². The van der Waals surface area contributed by atoms with E-state index >= 15 is 0 Å². The zero-order chi connectivity index (χ0) is 21.4. The number of carbonyl (C=O) groups is 2. The molecule has 0 unspecified atom stereocenters. The van der Waals surface area contributed by atoms with E-state index in [1.165, 1.54) is 31.4 Å². The lowest BCUT2D eigenvalue weighted by Gasteiger charge is -2.13. The number of ether oxygens (including phenoxy) is 2. The normalized spacial score (nSPS) is 12.0. The summed E-state index contributed by atoms with van der Waals surface area (Å²) in [7, 11) is -2.53. The average Bonchev–Trinajstić information content (AvgIpc) is 2.69. The quantitative estimate of drug-likeness (QED) is 0.603. The molecule has 0 aromatic heterocycles. The first-order valence-corrected chi connectivity index (χ1v) is 10.5. The van der Waals surface area contributed by atoms with Crippen molar-refractivity contribution in [1.82, 2.24) is 5.32 Å². The largest absolute Gasteiger partial charge is 0.494 e. The molecule has 0 aliphatic carbocycles. The van der Waals surface area contributed by atoms with Crippen molar-refractivity contribution in [2.24, 2.45) is 0 Å². The second-order valence-corrected chi connectivity index (χ2v) is 7.92. The molecule has 2 N–H and O–H groups in total. The molecule has 0 aliphatic heterocycles. The number of carbonyl (C=O) groups excluding carboxylic acids is 2. The Morgan fingerprint density at radius 2 is 1.66 bits per heavy atom. The molecule has 2 aromatic rings. The van der Waals surface area contributed by atoms with Crippen LogP contribution in [-0.2, 0) is 19.6 Å². The van der Waals surface area contributed by atoms with Crippen LogP contribution in [0.2, 0.25) is 0 Å². The first-order valence-electron chi connectivity index (χ1n) is 8.98. The molecule has 0 saturated heterocycles. The van der Waals surface area contributed by atoms with Gasteiger partial charge in [-0.1, -0.05) is 0 Å². The topological polar surface area (TPSA) is 111 Å². The molecule has 0 spiro atoms. The molecule has 0 aliphatic rings. The van der Waals surface area contributed by atoms with Gasteiger partial charge in [-0.25, -0.2) is 8.42 Å². The zero-order valence-corrected chi connectivity index (χ0v) is 17.3. The van der Waals surface area contributed by atoms with Gasteiger partial charge in [0.15, 0.2) is 0 Å². The standard InChI is InChI=1S/C20H24N2O6S/c1-4-28-17-9-7-16(8-10-17)22-29(25,26)18-11-5-15(6-12-18)20(24)21-14(2)13-19(23)27-3/h5-12,14,22H,4,13H2,1-3H3,(H,21,24)/t14-/m1/s1. The summed E-state index contributed by atoms with van der Waals surface area (Å²) in [5.41, 5.74) is 0.675.